The standard InChI is InChI=1S/C9H5ClN2O3/c10-8-2-1-6(12(13)14)5-7(8)9-3-4-15-11-9/h1-5H. The van der Waals surface area contributed by atoms with E-state index >= 15 is 0 Å². The fourth-order valence-corrected chi connectivity index (χ4v) is 1.39. The van der Waals surface area contributed by atoms with Gasteiger partial charge in [-0.15, -0.1) is 0 Å². The second-order valence-corrected chi connectivity index (χ2v) is 3.21. The zero-order chi connectivity index (χ0) is 10.8. The highest BCUT2D eigenvalue weighted by Gasteiger charge is 2.12. The van der Waals surface area contributed by atoms with E-state index in [4.69, 9.17) is 11.6 Å². The maximum Gasteiger partial charge on any atom is 0.270 e. The topological polar surface area (TPSA) is 69.2 Å². The zero-order valence-electron chi connectivity index (χ0n) is 7.38. The number of nitro benzene ring substituents is 1. The van der Waals surface area contributed by atoms with Crippen molar-refractivity contribution in [2.24, 2.45) is 0 Å². The number of hydrogen-bond acceptors (Lipinski definition) is 4. The van der Waals surface area contributed by atoms with Gasteiger partial charge in [-0.25, -0.2) is 0 Å². The summed E-state index contributed by atoms with van der Waals surface area (Å²) in [5.41, 5.74) is 0.931. The lowest BCUT2D eigenvalue weighted by Crippen LogP contribution is -1.89. The molecule has 1 aromatic carbocycles. The molecule has 0 amide bonds. The summed E-state index contributed by atoms with van der Waals surface area (Å²) in [6.07, 6.45) is 1.38. The van der Waals surface area contributed by atoms with Crippen molar-refractivity contribution in [3.8, 4) is 11.3 Å². The number of nitrogens with zero attached hydrogens (tertiary/aromatic N) is 2. The maximum atomic E-state index is 10.6. The molecule has 5 nitrogen and oxygen atoms in total. The molecule has 0 aliphatic carbocycles. The minimum Gasteiger partial charge on any atom is -0.364 e. The van der Waals surface area contributed by atoms with Crippen molar-refractivity contribution < 1.29 is 9.45 Å². The van der Waals surface area contributed by atoms with Crippen LogP contribution in [0.4, 0.5) is 5.69 Å². The lowest BCUT2D eigenvalue weighted by Gasteiger charge is -1.99. The molecule has 1 heterocycles. The number of nitro groups is 1. The van der Waals surface area contributed by atoms with Gasteiger partial charge in [-0.1, -0.05) is 16.8 Å². The molecular formula is C9H5ClN2O3. The Balaban J connectivity index is 2.55. The van der Waals surface area contributed by atoms with Crippen LogP contribution < -0.4 is 0 Å². The summed E-state index contributed by atoms with van der Waals surface area (Å²) in [6.45, 7) is 0. The van der Waals surface area contributed by atoms with E-state index in [2.05, 4.69) is 9.68 Å². The predicted molar refractivity (Wildman–Crippen MR) is 53.6 cm³/mol. The summed E-state index contributed by atoms with van der Waals surface area (Å²) in [6, 6.07) is 5.75. The van der Waals surface area contributed by atoms with E-state index < -0.39 is 4.92 Å². The first kappa shape index (κ1) is 9.67. The first-order valence-corrected chi connectivity index (χ1v) is 4.41. The molecule has 0 aliphatic rings. The fourth-order valence-electron chi connectivity index (χ4n) is 1.17. The molecular weight excluding hydrogens is 220 g/mol. The number of non-ortho nitro benzene ring substituents is 1. The Morgan fingerprint density at radius 2 is 2.20 bits per heavy atom. The molecule has 0 saturated carbocycles. The van der Waals surface area contributed by atoms with Crippen molar-refractivity contribution in [1.82, 2.24) is 5.16 Å². The van der Waals surface area contributed by atoms with Gasteiger partial charge in [0.05, 0.1) is 9.95 Å². The van der Waals surface area contributed by atoms with Gasteiger partial charge < -0.3 is 4.52 Å². The Hall–Kier alpha value is -1.88. The molecule has 76 valence electrons. The van der Waals surface area contributed by atoms with Crippen molar-refractivity contribution in [3.63, 3.8) is 0 Å². The quantitative estimate of drug-likeness (QED) is 0.581. The monoisotopic (exact) mass is 224 g/mol. The van der Waals surface area contributed by atoms with Crippen LogP contribution in [0.1, 0.15) is 0 Å². The molecule has 0 aliphatic heterocycles. The number of benzene rings is 1. The minimum atomic E-state index is -0.486. The van der Waals surface area contributed by atoms with Gasteiger partial charge in [0, 0.05) is 23.8 Å². The van der Waals surface area contributed by atoms with E-state index in [0.29, 0.717) is 16.3 Å². The van der Waals surface area contributed by atoms with E-state index in [1.54, 1.807) is 6.07 Å². The number of rotatable bonds is 2. The lowest BCUT2D eigenvalue weighted by molar-refractivity contribution is -0.384. The molecule has 0 saturated heterocycles. The molecule has 2 aromatic rings. The van der Waals surface area contributed by atoms with E-state index in [0.717, 1.165) is 0 Å². The SMILES string of the molecule is O=[N+]([O-])c1ccc(Cl)c(-c2ccon2)c1. The molecule has 6 heteroatoms. The Kier molecular flexibility index (Phi) is 2.39. The lowest BCUT2D eigenvalue weighted by atomic mass is 10.1. The van der Waals surface area contributed by atoms with E-state index in [9.17, 15) is 10.1 Å². The predicted octanol–water partition coefficient (Wildman–Crippen LogP) is 2.90. The molecule has 0 spiro atoms. The van der Waals surface area contributed by atoms with E-state index in [-0.39, 0.29) is 5.69 Å². The summed E-state index contributed by atoms with van der Waals surface area (Å²) in [4.78, 5) is 10.1. The van der Waals surface area contributed by atoms with E-state index in [1.165, 1.54) is 24.5 Å². The molecule has 0 radical (unpaired) electrons. The minimum absolute atomic E-state index is 0.0302. The van der Waals surface area contributed by atoms with Crippen molar-refractivity contribution in [2.45, 2.75) is 0 Å². The van der Waals surface area contributed by atoms with Crippen LogP contribution in [0.2, 0.25) is 5.02 Å². The van der Waals surface area contributed by atoms with E-state index in [1.807, 2.05) is 0 Å². The van der Waals surface area contributed by atoms with Crippen LogP contribution in [0.5, 0.6) is 0 Å². The van der Waals surface area contributed by atoms with Crippen LogP contribution >= 0.6 is 11.6 Å². The van der Waals surface area contributed by atoms with Gasteiger partial charge in [-0.2, -0.15) is 0 Å². The number of hydrogen-bond donors (Lipinski definition) is 0. The summed E-state index contributed by atoms with van der Waals surface area (Å²) in [5, 5.41) is 14.6. The Labute approximate surface area is 89.4 Å². The number of halogens is 1. The molecule has 2 rings (SSSR count). The molecule has 0 unspecified atom stereocenters. The molecule has 1 aromatic heterocycles. The number of aromatic nitrogens is 1. The maximum absolute atomic E-state index is 10.6. The van der Waals surface area contributed by atoms with Crippen LogP contribution in [-0.2, 0) is 0 Å². The second kappa shape index (κ2) is 3.70. The fraction of sp³-hybridized carbons (Fsp3) is 0. The van der Waals surface area contributed by atoms with Gasteiger partial charge >= 0.3 is 0 Å². The first-order chi connectivity index (χ1) is 7.18. The van der Waals surface area contributed by atoms with Gasteiger partial charge in [0.25, 0.3) is 5.69 Å². The third-order valence-electron chi connectivity index (χ3n) is 1.87. The summed E-state index contributed by atoms with van der Waals surface area (Å²) in [7, 11) is 0. The van der Waals surface area contributed by atoms with Crippen molar-refractivity contribution in [2.75, 3.05) is 0 Å². The first-order valence-electron chi connectivity index (χ1n) is 4.03. The highest BCUT2D eigenvalue weighted by Crippen LogP contribution is 2.30. The zero-order valence-corrected chi connectivity index (χ0v) is 8.14. The van der Waals surface area contributed by atoms with Crippen LogP contribution in [0.3, 0.4) is 0 Å². The Morgan fingerprint density at radius 3 is 2.80 bits per heavy atom. The Bertz CT molecular complexity index is 496. The van der Waals surface area contributed by atoms with Gasteiger partial charge in [0.15, 0.2) is 0 Å². The average Bonchev–Trinajstić information content (AvgIpc) is 2.71. The third kappa shape index (κ3) is 1.82. The summed E-state index contributed by atoms with van der Waals surface area (Å²) >= 11 is 5.89. The van der Waals surface area contributed by atoms with Crippen LogP contribution in [0.25, 0.3) is 11.3 Å². The highest BCUT2D eigenvalue weighted by atomic mass is 35.5. The second-order valence-electron chi connectivity index (χ2n) is 2.81. The molecule has 15 heavy (non-hydrogen) atoms. The largest absolute Gasteiger partial charge is 0.364 e. The van der Waals surface area contributed by atoms with Crippen molar-refractivity contribution in [1.29, 1.82) is 0 Å². The molecule has 0 fully saturated rings. The van der Waals surface area contributed by atoms with Gasteiger partial charge in [-0.05, 0) is 6.07 Å². The van der Waals surface area contributed by atoms with Crippen molar-refractivity contribution in [3.05, 3.63) is 45.7 Å². The van der Waals surface area contributed by atoms with Gasteiger partial charge in [-0.3, -0.25) is 10.1 Å². The molecule has 0 atom stereocenters. The van der Waals surface area contributed by atoms with Crippen LogP contribution in [0.15, 0.2) is 35.1 Å². The highest BCUT2D eigenvalue weighted by molar-refractivity contribution is 6.33. The van der Waals surface area contributed by atoms with Crippen molar-refractivity contribution >= 4 is 17.3 Å². The Morgan fingerprint density at radius 1 is 1.40 bits per heavy atom. The smallest absolute Gasteiger partial charge is 0.270 e. The molecule has 0 bridgehead atoms. The van der Waals surface area contributed by atoms with Crippen LogP contribution in [0, 0.1) is 10.1 Å². The molecule has 0 N–H and O–H groups in total. The third-order valence-corrected chi connectivity index (χ3v) is 2.20. The normalized spacial score (nSPS) is 10.2. The average molecular weight is 225 g/mol. The van der Waals surface area contributed by atoms with Crippen LogP contribution in [-0.4, -0.2) is 10.1 Å². The van der Waals surface area contributed by atoms with Gasteiger partial charge in [0.2, 0.25) is 0 Å². The summed E-state index contributed by atoms with van der Waals surface area (Å²) in [5.74, 6) is 0. The van der Waals surface area contributed by atoms with Gasteiger partial charge in [0.1, 0.15) is 12.0 Å². The summed E-state index contributed by atoms with van der Waals surface area (Å²) < 4.78 is 4.65.